The maximum Gasteiger partial charge on any atom is 0.263 e. The van der Waals surface area contributed by atoms with E-state index in [9.17, 15) is 8.42 Å². The highest BCUT2D eigenvalue weighted by molar-refractivity contribution is 7.92. The van der Waals surface area contributed by atoms with Crippen molar-refractivity contribution in [3.8, 4) is 5.88 Å². The third kappa shape index (κ3) is 3.77. The zero-order chi connectivity index (χ0) is 15.5. The molecule has 21 heavy (non-hydrogen) atoms. The van der Waals surface area contributed by atoms with Crippen molar-refractivity contribution in [2.24, 2.45) is 0 Å². The maximum absolute atomic E-state index is 12.3. The molecule has 1 heterocycles. The van der Waals surface area contributed by atoms with E-state index in [1.54, 1.807) is 12.1 Å². The first kappa shape index (κ1) is 15.4. The van der Waals surface area contributed by atoms with Gasteiger partial charge in [0, 0.05) is 11.8 Å². The summed E-state index contributed by atoms with van der Waals surface area (Å²) in [5, 5.41) is 0.0931. The summed E-state index contributed by atoms with van der Waals surface area (Å²) in [6.45, 7) is 2.32. The number of nitrogens with one attached hydrogen (secondary N) is 1. The van der Waals surface area contributed by atoms with Crippen molar-refractivity contribution in [2.75, 3.05) is 17.1 Å². The van der Waals surface area contributed by atoms with Crippen LogP contribution in [0.1, 0.15) is 6.92 Å². The van der Waals surface area contributed by atoms with Crippen LogP contribution >= 0.6 is 11.6 Å². The Balaban J connectivity index is 2.26. The standard InChI is InChI=1S/C13H14ClN3O3S/c1-2-20-13-6-4-10(8-16-13)17-21(18,19)12-7-9(15)3-5-11(12)14/h3-8,17H,2,15H2,1H3. The van der Waals surface area contributed by atoms with Crippen LogP contribution in [0.4, 0.5) is 11.4 Å². The summed E-state index contributed by atoms with van der Waals surface area (Å²) in [6.07, 6.45) is 1.36. The van der Waals surface area contributed by atoms with Crippen LogP contribution < -0.4 is 15.2 Å². The summed E-state index contributed by atoms with van der Waals surface area (Å²) < 4.78 is 32.1. The van der Waals surface area contributed by atoms with E-state index in [4.69, 9.17) is 22.1 Å². The molecule has 2 aromatic rings. The van der Waals surface area contributed by atoms with E-state index in [0.717, 1.165) is 0 Å². The van der Waals surface area contributed by atoms with Gasteiger partial charge in [0.05, 0.1) is 23.5 Å². The van der Waals surface area contributed by atoms with Crippen LogP contribution in [0.2, 0.25) is 5.02 Å². The van der Waals surface area contributed by atoms with E-state index < -0.39 is 10.0 Å². The van der Waals surface area contributed by atoms with Gasteiger partial charge in [0.15, 0.2) is 0 Å². The number of pyridine rings is 1. The number of nitrogens with two attached hydrogens (primary N) is 1. The molecule has 0 aliphatic heterocycles. The van der Waals surface area contributed by atoms with Crippen molar-refractivity contribution in [1.29, 1.82) is 0 Å². The Kier molecular flexibility index (Phi) is 4.54. The maximum atomic E-state index is 12.3. The Morgan fingerprint density at radius 2 is 2.10 bits per heavy atom. The molecule has 112 valence electrons. The molecule has 1 aromatic carbocycles. The Labute approximate surface area is 128 Å². The lowest BCUT2D eigenvalue weighted by molar-refractivity contribution is 0.327. The number of halogens is 1. The highest BCUT2D eigenvalue weighted by atomic mass is 35.5. The van der Waals surface area contributed by atoms with Gasteiger partial charge in [-0.25, -0.2) is 13.4 Å². The van der Waals surface area contributed by atoms with Gasteiger partial charge in [0.2, 0.25) is 5.88 Å². The Bertz CT molecular complexity index is 733. The molecule has 0 aliphatic rings. The predicted octanol–water partition coefficient (Wildman–Crippen LogP) is 2.52. The lowest BCUT2D eigenvalue weighted by Crippen LogP contribution is -2.14. The van der Waals surface area contributed by atoms with Gasteiger partial charge in [-0.3, -0.25) is 4.72 Å². The molecule has 0 radical (unpaired) electrons. The molecule has 0 saturated carbocycles. The van der Waals surface area contributed by atoms with Gasteiger partial charge in [-0.15, -0.1) is 0 Å². The van der Waals surface area contributed by atoms with Crippen molar-refractivity contribution < 1.29 is 13.2 Å². The van der Waals surface area contributed by atoms with Gasteiger partial charge in [0.1, 0.15) is 4.90 Å². The second-order valence-electron chi connectivity index (χ2n) is 4.11. The second kappa shape index (κ2) is 6.19. The Hall–Kier alpha value is -1.99. The predicted molar refractivity (Wildman–Crippen MR) is 82.1 cm³/mol. The fraction of sp³-hybridized carbons (Fsp3) is 0.154. The van der Waals surface area contributed by atoms with Crippen LogP contribution in [0, 0.1) is 0 Å². The third-order valence-corrected chi connectivity index (χ3v) is 4.39. The monoisotopic (exact) mass is 327 g/mol. The lowest BCUT2D eigenvalue weighted by Gasteiger charge is -2.10. The molecule has 0 bridgehead atoms. The first-order chi connectivity index (χ1) is 9.92. The zero-order valence-electron chi connectivity index (χ0n) is 11.2. The topological polar surface area (TPSA) is 94.3 Å². The number of benzene rings is 1. The van der Waals surface area contributed by atoms with E-state index in [2.05, 4.69) is 9.71 Å². The molecule has 3 N–H and O–H groups in total. The zero-order valence-corrected chi connectivity index (χ0v) is 12.8. The van der Waals surface area contributed by atoms with Crippen LogP contribution in [-0.4, -0.2) is 20.0 Å². The minimum Gasteiger partial charge on any atom is -0.478 e. The van der Waals surface area contributed by atoms with Crippen LogP contribution in [0.5, 0.6) is 5.88 Å². The molecule has 6 nitrogen and oxygen atoms in total. The SMILES string of the molecule is CCOc1ccc(NS(=O)(=O)c2cc(N)ccc2Cl)cn1. The molecule has 2 rings (SSSR count). The molecule has 0 saturated heterocycles. The van der Waals surface area contributed by atoms with Gasteiger partial charge in [-0.2, -0.15) is 0 Å². The average Bonchev–Trinajstić information content (AvgIpc) is 2.43. The largest absolute Gasteiger partial charge is 0.478 e. The number of hydrogen-bond donors (Lipinski definition) is 2. The molecular formula is C13H14ClN3O3S. The molecule has 0 atom stereocenters. The Morgan fingerprint density at radius 3 is 2.71 bits per heavy atom. The number of nitrogen functional groups attached to an aromatic ring is 1. The van der Waals surface area contributed by atoms with Crippen molar-refractivity contribution in [2.45, 2.75) is 11.8 Å². The molecule has 0 amide bonds. The molecular weight excluding hydrogens is 314 g/mol. The van der Waals surface area contributed by atoms with Crippen molar-refractivity contribution >= 4 is 33.0 Å². The molecule has 0 aliphatic carbocycles. The van der Waals surface area contributed by atoms with Gasteiger partial charge in [0.25, 0.3) is 10.0 Å². The van der Waals surface area contributed by atoms with E-state index in [-0.39, 0.29) is 9.92 Å². The number of nitrogens with zero attached hydrogens (tertiary/aromatic N) is 1. The number of rotatable bonds is 5. The van der Waals surface area contributed by atoms with Crippen LogP contribution in [0.15, 0.2) is 41.4 Å². The van der Waals surface area contributed by atoms with Crippen molar-refractivity contribution in [1.82, 2.24) is 4.98 Å². The summed E-state index contributed by atoms with van der Waals surface area (Å²) in [6, 6.07) is 7.38. The van der Waals surface area contributed by atoms with Gasteiger partial charge in [-0.05, 0) is 31.2 Å². The van der Waals surface area contributed by atoms with Crippen LogP contribution in [-0.2, 0) is 10.0 Å². The normalized spacial score (nSPS) is 11.1. The van der Waals surface area contributed by atoms with Gasteiger partial charge in [-0.1, -0.05) is 11.6 Å². The van der Waals surface area contributed by atoms with Gasteiger partial charge < -0.3 is 10.5 Å². The quantitative estimate of drug-likeness (QED) is 0.823. The van der Waals surface area contributed by atoms with Gasteiger partial charge >= 0.3 is 0 Å². The number of sulfonamides is 1. The lowest BCUT2D eigenvalue weighted by atomic mass is 10.3. The summed E-state index contributed by atoms with van der Waals surface area (Å²) in [5.74, 6) is 0.419. The number of aromatic nitrogens is 1. The van der Waals surface area contributed by atoms with Crippen LogP contribution in [0.3, 0.4) is 0 Å². The Morgan fingerprint density at radius 1 is 1.33 bits per heavy atom. The fourth-order valence-electron chi connectivity index (χ4n) is 1.61. The van der Waals surface area contributed by atoms with E-state index in [1.807, 2.05) is 6.92 Å². The van der Waals surface area contributed by atoms with E-state index >= 15 is 0 Å². The fourth-order valence-corrected chi connectivity index (χ4v) is 3.19. The van der Waals surface area contributed by atoms with Crippen LogP contribution in [0.25, 0.3) is 0 Å². The molecule has 8 heteroatoms. The summed E-state index contributed by atoms with van der Waals surface area (Å²) >= 11 is 5.90. The third-order valence-electron chi connectivity index (χ3n) is 2.53. The van der Waals surface area contributed by atoms with Crippen molar-refractivity contribution in [3.05, 3.63) is 41.6 Å². The highest BCUT2D eigenvalue weighted by Crippen LogP contribution is 2.26. The molecule has 0 unspecified atom stereocenters. The van der Waals surface area contributed by atoms with Crippen molar-refractivity contribution in [3.63, 3.8) is 0 Å². The highest BCUT2D eigenvalue weighted by Gasteiger charge is 2.18. The van der Waals surface area contributed by atoms with E-state index in [1.165, 1.54) is 24.4 Å². The first-order valence-corrected chi connectivity index (χ1v) is 7.95. The van der Waals surface area contributed by atoms with E-state index in [0.29, 0.717) is 23.9 Å². The summed E-state index contributed by atoms with van der Waals surface area (Å²) in [7, 11) is -3.83. The minimum atomic E-state index is -3.83. The molecule has 0 fully saturated rings. The summed E-state index contributed by atoms with van der Waals surface area (Å²) in [4.78, 5) is 3.89. The second-order valence-corrected chi connectivity index (χ2v) is 6.17. The minimum absolute atomic E-state index is 0.0851. The average molecular weight is 328 g/mol. The number of ether oxygens (including phenoxy) is 1. The molecule has 0 spiro atoms. The number of hydrogen-bond acceptors (Lipinski definition) is 5. The number of anilines is 2. The molecule has 1 aromatic heterocycles. The first-order valence-electron chi connectivity index (χ1n) is 6.09. The summed E-state index contributed by atoms with van der Waals surface area (Å²) in [5.41, 5.74) is 6.20. The smallest absolute Gasteiger partial charge is 0.263 e.